The maximum absolute atomic E-state index is 8.86. The molecule has 19 heavy (non-hydrogen) atoms. The van der Waals surface area contributed by atoms with Gasteiger partial charge in [0.05, 0.1) is 11.6 Å². The van der Waals surface area contributed by atoms with Crippen LogP contribution >= 0.6 is 0 Å². The number of aromatic nitrogens is 2. The minimum Gasteiger partial charge on any atom is -0.366 e. The van der Waals surface area contributed by atoms with E-state index < -0.39 is 0 Å². The van der Waals surface area contributed by atoms with Gasteiger partial charge >= 0.3 is 0 Å². The number of benzene rings is 1. The molecule has 1 aromatic carbocycles. The van der Waals surface area contributed by atoms with Crippen molar-refractivity contribution in [1.29, 1.82) is 5.26 Å². The maximum Gasteiger partial charge on any atom is 0.224 e. The summed E-state index contributed by atoms with van der Waals surface area (Å²) in [6, 6.07) is 9.64. The quantitative estimate of drug-likeness (QED) is 0.874. The molecule has 2 rings (SSSR count). The molecule has 0 spiro atoms. The van der Waals surface area contributed by atoms with Crippen molar-refractivity contribution in [3.63, 3.8) is 0 Å². The summed E-state index contributed by atoms with van der Waals surface area (Å²) >= 11 is 0. The van der Waals surface area contributed by atoms with Crippen LogP contribution in [0.1, 0.15) is 16.7 Å². The lowest BCUT2D eigenvalue weighted by Gasteiger charge is -2.09. The molecule has 0 aliphatic heterocycles. The fraction of sp³-hybridized carbons (Fsp3) is 0.214. The molecule has 5 heteroatoms. The van der Waals surface area contributed by atoms with Gasteiger partial charge in [0.2, 0.25) is 5.95 Å². The third-order valence-corrected chi connectivity index (χ3v) is 2.71. The molecule has 0 amide bonds. The molecule has 96 valence electrons. The normalized spacial score (nSPS) is 9.74. The summed E-state index contributed by atoms with van der Waals surface area (Å²) in [5, 5.41) is 15.0. The maximum atomic E-state index is 8.86. The Morgan fingerprint density at radius 2 is 2.21 bits per heavy atom. The number of rotatable bonds is 4. The summed E-state index contributed by atoms with van der Waals surface area (Å²) in [6.07, 6.45) is 1.77. The van der Waals surface area contributed by atoms with Crippen LogP contribution in [0.15, 0.2) is 30.5 Å². The zero-order chi connectivity index (χ0) is 13.7. The van der Waals surface area contributed by atoms with Crippen LogP contribution in [0.5, 0.6) is 0 Å². The lowest BCUT2D eigenvalue weighted by molar-refractivity contribution is 1.06. The standard InChI is InChI=1S/C14H15N5/c1-10-8-18-14(16-2)19-13(10)17-9-12-5-3-4-11(6-12)7-15/h3-6,8H,9H2,1-2H3,(H2,16,17,18,19). The van der Waals surface area contributed by atoms with Crippen LogP contribution in [-0.2, 0) is 6.54 Å². The lowest BCUT2D eigenvalue weighted by Crippen LogP contribution is -2.06. The third kappa shape index (κ3) is 3.19. The van der Waals surface area contributed by atoms with E-state index in [0.29, 0.717) is 18.1 Å². The van der Waals surface area contributed by atoms with Gasteiger partial charge in [-0.15, -0.1) is 0 Å². The van der Waals surface area contributed by atoms with Crippen molar-refractivity contribution < 1.29 is 0 Å². The number of hydrogen-bond donors (Lipinski definition) is 2. The summed E-state index contributed by atoms with van der Waals surface area (Å²) < 4.78 is 0. The molecule has 0 saturated carbocycles. The zero-order valence-corrected chi connectivity index (χ0v) is 10.9. The van der Waals surface area contributed by atoms with Crippen LogP contribution < -0.4 is 10.6 Å². The van der Waals surface area contributed by atoms with E-state index in [2.05, 4.69) is 26.7 Å². The Bertz CT molecular complexity index is 615. The largest absolute Gasteiger partial charge is 0.366 e. The third-order valence-electron chi connectivity index (χ3n) is 2.71. The topological polar surface area (TPSA) is 73.6 Å². The van der Waals surface area contributed by atoms with Gasteiger partial charge in [-0.25, -0.2) is 4.98 Å². The van der Waals surface area contributed by atoms with Crippen molar-refractivity contribution in [3.05, 3.63) is 47.2 Å². The molecule has 0 radical (unpaired) electrons. The predicted octanol–water partition coefficient (Wildman–Crippen LogP) is 2.31. The van der Waals surface area contributed by atoms with Gasteiger partial charge in [0.25, 0.3) is 0 Å². The molecule has 0 saturated heterocycles. The zero-order valence-electron chi connectivity index (χ0n) is 10.9. The van der Waals surface area contributed by atoms with Crippen molar-refractivity contribution >= 4 is 11.8 Å². The van der Waals surface area contributed by atoms with Crippen LogP contribution in [0.2, 0.25) is 0 Å². The molecule has 2 aromatic rings. The number of nitrogens with one attached hydrogen (secondary N) is 2. The highest BCUT2D eigenvalue weighted by Gasteiger charge is 2.03. The minimum absolute atomic E-state index is 0.582. The van der Waals surface area contributed by atoms with Crippen molar-refractivity contribution in [3.8, 4) is 6.07 Å². The molecule has 0 aliphatic carbocycles. The van der Waals surface area contributed by atoms with E-state index >= 15 is 0 Å². The first-order chi connectivity index (χ1) is 9.22. The summed E-state index contributed by atoms with van der Waals surface area (Å²) in [5.41, 5.74) is 2.69. The summed E-state index contributed by atoms with van der Waals surface area (Å²) in [7, 11) is 1.78. The van der Waals surface area contributed by atoms with Crippen LogP contribution in [0, 0.1) is 18.3 Å². The van der Waals surface area contributed by atoms with Gasteiger partial charge in [0.1, 0.15) is 5.82 Å². The van der Waals surface area contributed by atoms with Crippen LogP contribution in [-0.4, -0.2) is 17.0 Å². The molecule has 0 aliphatic rings. The van der Waals surface area contributed by atoms with Crippen LogP contribution in [0.3, 0.4) is 0 Å². The molecule has 2 N–H and O–H groups in total. The SMILES string of the molecule is CNc1ncc(C)c(NCc2cccc(C#N)c2)n1. The van der Waals surface area contributed by atoms with Crippen LogP contribution in [0.4, 0.5) is 11.8 Å². The van der Waals surface area contributed by atoms with E-state index in [1.54, 1.807) is 19.3 Å². The molecule has 0 atom stereocenters. The predicted molar refractivity (Wildman–Crippen MR) is 74.8 cm³/mol. The highest BCUT2D eigenvalue weighted by atomic mass is 15.1. The summed E-state index contributed by atoms with van der Waals surface area (Å²) in [6.45, 7) is 2.57. The van der Waals surface area contributed by atoms with E-state index in [1.165, 1.54) is 0 Å². The highest BCUT2D eigenvalue weighted by molar-refractivity contribution is 5.47. The van der Waals surface area contributed by atoms with Gasteiger partial charge in [-0.2, -0.15) is 10.2 Å². The van der Waals surface area contributed by atoms with Crippen molar-refractivity contribution in [2.24, 2.45) is 0 Å². The smallest absolute Gasteiger partial charge is 0.224 e. The van der Waals surface area contributed by atoms with Gasteiger partial charge in [-0.3, -0.25) is 0 Å². The van der Waals surface area contributed by atoms with E-state index in [0.717, 1.165) is 16.9 Å². The number of aryl methyl sites for hydroxylation is 1. The Morgan fingerprint density at radius 3 is 2.95 bits per heavy atom. The average Bonchev–Trinajstić information content (AvgIpc) is 2.46. The van der Waals surface area contributed by atoms with E-state index in [1.807, 2.05) is 25.1 Å². The van der Waals surface area contributed by atoms with E-state index in [-0.39, 0.29) is 0 Å². The Balaban J connectivity index is 2.12. The minimum atomic E-state index is 0.582. The second-order valence-corrected chi connectivity index (χ2v) is 4.14. The van der Waals surface area contributed by atoms with Crippen molar-refractivity contribution in [1.82, 2.24) is 9.97 Å². The number of nitriles is 1. The fourth-order valence-corrected chi connectivity index (χ4v) is 1.68. The molecule has 1 heterocycles. The molecular weight excluding hydrogens is 238 g/mol. The van der Waals surface area contributed by atoms with Gasteiger partial charge in [0.15, 0.2) is 0 Å². The van der Waals surface area contributed by atoms with Crippen LogP contribution in [0.25, 0.3) is 0 Å². The van der Waals surface area contributed by atoms with E-state index in [9.17, 15) is 0 Å². The number of nitrogens with zero attached hydrogens (tertiary/aromatic N) is 3. The van der Waals surface area contributed by atoms with Crippen molar-refractivity contribution in [2.75, 3.05) is 17.7 Å². The number of hydrogen-bond acceptors (Lipinski definition) is 5. The molecule has 1 aromatic heterocycles. The van der Waals surface area contributed by atoms with Gasteiger partial charge in [0, 0.05) is 25.4 Å². The van der Waals surface area contributed by atoms with Crippen molar-refractivity contribution in [2.45, 2.75) is 13.5 Å². The van der Waals surface area contributed by atoms with Gasteiger partial charge in [-0.1, -0.05) is 12.1 Å². The first kappa shape index (κ1) is 12.8. The second kappa shape index (κ2) is 5.83. The van der Waals surface area contributed by atoms with Gasteiger partial charge < -0.3 is 10.6 Å². The van der Waals surface area contributed by atoms with Gasteiger partial charge in [-0.05, 0) is 24.6 Å². The average molecular weight is 253 g/mol. The highest BCUT2D eigenvalue weighted by Crippen LogP contribution is 2.14. The molecule has 0 bridgehead atoms. The monoisotopic (exact) mass is 253 g/mol. The molecule has 5 nitrogen and oxygen atoms in total. The Kier molecular flexibility index (Phi) is 3.94. The molecule has 0 fully saturated rings. The second-order valence-electron chi connectivity index (χ2n) is 4.14. The Morgan fingerprint density at radius 1 is 1.37 bits per heavy atom. The summed E-state index contributed by atoms with van der Waals surface area (Å²) in [5.74, 6) is 1.38. The Labute approximate surface area is 112 Å². The molecule has 0 unspecified atom stereocenters. The summed E-state index contributed by atoms with van der Waals surface area (Å²) in [4.78, 5) is 8.48. The lowest BCUT2D eigenvalue weighted by atomic mass is 10.1. The fourth-order valence-electron chi connectivity index (χ4n) is 1.68. The Hall–Kier alpha value is -2.61. The molecular formula is C14H15N5. The number of anilines is 2. The first-order valence-corrected chi connectivity index (χ1v) is 5.97. The van der Waals surface area contributed by atoms with E-state index in [4.69, 9.17) is 5.26 Å². The first-order valence-electron chi connectivity index (χ1n) is 5.97.